The van der Waals surface area contributed by atoms with Crippen LogP contribution in [0.25, 0.3) is 0 Å². The molecule has 7 aliphatic rings. The Morgan fingerprint density at radius 1 is 0.643 bits per heavy atom. The van der Waals surface area contributed by atoms with Crippen molar-refractivity contribution >= 4 is 0 Å². The van der Waals surface area contributed by atoms with E-state index in [1.54, 1.807) is 18.2 Å². The minimum Gasteiger partial charge on any atom is -0.246 e. The molecule has 10 atom stereocenters. The predicted octanol–water partition coefficient (Wildman–Crippen LogP) is 2.87. The average Bonchev–Trinajstić information content (AvgIpc) is 3.46. The zero-order chi connectivity index (χ0) is 18.5. The summed E-state index contributed by atoms with van der Waals surface area (Å²) in [4.78, 5) is 26.6. The van der Waals surface area contributed by atoms with Gasteiger partial charge in [-0.05, 0) is 110 Å². The molecule has 1 aliphatic heterocycles. The second-order valence-electron chi connectivity index (χ2n) is 11.1. The van der Waals surface area contributed by atoms with E-state index in [0.29, 0.717) is 23.7 Å². The summed E-state index contributed by atoms with van der Waals surface area (Å²) in [6, 6.07) is 0.400. The van der Waals surface area contributed by atoms with E-state index in [9.17, 15) is 9.59 Å². The lowest BCUT2D eigenvalue weighted by Gasteiger charge is -2.36. The Balaban J connectivity index is 1.47. The lowest BCUT2D eigenvalue weighted by atomic mass is 9.83. The molecule has 0 radical (unpaired) electrons. The first kappa shape index (κ1) is 15.3. The SMILES string of the molecule is Cn1c(=O)n2n(c1=O)[C@H]1C(=C3[C@H]4CC[C@@H]5CC[C@H]([C@@H]54)[C@@H]32)[C@H]2CC[C@@H]3CC[C@@H]1[C@H]32. The highest BCUT2D eigenvalue weighted by atomic mass is 16.2. The molecule has 1 aromatic rings. The number of hydrogen-bond acceptors (Lipinski definition) is 2. The van der Waals surface area contributed by atoms with Crippen LogP contribution >= 0.6 is 0 Å². The van der Waals surface area contributed by atoms with Gasteiger partial charge in [-0.2, -0.15) is 0 Å². The Bertz CT molecular complexity index is 991. The molecule has 6 saturated carbocycles. The van der Waals surface area contributed by atoms with Gasteiger partial charge in [-0.1, -0.05) is 0 Å². The summed E-state index contributed by atoms with van der Waals surface area (Å²) in [7, 11) is 1.70. The highest BCUT2D eigenvalue weighted by Gasteiger charge is 2.65. The summed E-state index contributed by atoms with van der Waals surface area (Å²) >= 11 is 0. The van der Waals surface area contributed by atoms with E-state index in [4.69, 9.17) is 0 Å². The normalized spacial score (nSPS) is 51.5. The number of hydrogen-bond donors (Lipinski definition) is 0. The van der Waals surface area contributed by atoms with E-state index in [2.05, 4.69) is 0 Å². The van der Waals surface area contributed by atoms with Crippen molar-refractivity contribution < 1.29 is 0 Å². The Morgan fingerprint density at radius 2 is 1.07 bits per heavy atom. The zero-order valence-electron chi connectivity index (χ0n) is 16.6. The van der Waals surface area contributed by atoms with Gasteiger partial charge in [0.2, 0.25) is 0 Å². The molecule has 0 aromatic carbocycles. The molecule has 0 unspecified atom stereocenters. The molecule has 28 heavy (non-hydrogen) atoms. The molecule has 0 N–H and O–H groups in total. The van der Waals surface area contributed by atoms with E-state index < -0.39 is 0 Å². The fraction of sp³-hybridized carbons (Fsp3) is 0.826. The fourth-order valence-electron chi connectivity index (χ4n) is 10.2. The highest BCUT2D eigenvalue weighted by molar-refractivity contribution is 5.41. The van der Waals surface area contributed by atoms with Crippen molar-refractivity contribution in [2.45, 2.75) is 63.5 Å². The first-order chi connectivity index (χ1) is 13.7. The van der Waals surface area contributed by atoms with Crippen LogP contribution in [0.1, 0.15) is 63.5 Å². The maximum atomic E-state index is 13.3. The highest BCUT2D eigenvalue weighted by Crippen LogP contribution is 2.71. The number of fused-ring (bicyclic) bond motifs is 9. The van der Waals surface area contributed by atoms with Crippen molar-refractivity contribution in [1.29, 1.82) is 0 Å². The summed E-state index contributed by atoms with van der Waals surface area (Å²) in [5, 5.41) is 0. The predicted molar refractivity (Wildman–Crippen MR) is 104 cm³/mol. The van der Waals surface area contributed by atoms with Gasteiger partial charge in [0, 0.05) is 7.05 Å². The lowest BCUT2D eigenvalue weighted by Crippen LogP contribution is -2.41. The third-order valence-corrected chi connectivity index (χ3v) is 10.8. The van der Waals surface area contributed by atoms with Crippen molar-refractivity contribution in [3.05, 3.63) is 32.1 Å². The van der Waals surface area contributed by atoms with Crippen molar-refractivity contribution in [2.24, 2.45) is 54.4 Å². The van der Waals surface area contributed by atoms with E-state index in [-0.39, 0.29) is 23.5 Å². The Kier molecular flexibility index (Phi) is 2.53. The second-order valence-corrected chi connectivity index (χ2v) is 11.1. The summed E-state index contributed by atoms with van der Waals surface area (Å²) in [6.07, 6.45) is 10.7. The molecule has 0 amide bonds. The summed E-state index contributed by atoms with van der Waals surface area (Å²) in [5.74, 6) is 5.98. The molecule has 6 aliphatic carbocycles. The zero-order valence-corrected chi connectivity index (χ0v) is 16.6. The molecule has 0 bridgehead atoms. The van der Waals surface area contributed by atoms with Crippen LogP contribution in [0.3, 0.4) is 0 Å². The summed E-state index contributed by atoms with van der Waals surface area (Å²) in [5.41, 5.74) is 3.27. The Labute approximate surface area is 164 Å². The maximum Gasteiger partial charge on any atom is 0.347 e. The molecule has 0 saturated heterocycles. The van der Waals surface area contributed by atoms with Crippen molar-refractivity contribution in [2.75, 3.05) is 0 Å². The van der Waals surface area contributed by atoms with E-state index in [0.717, 1.165) is 23.7 Å². The van der Waals surface area contributed by atoms with Crippen molar-refractivity contribution in [1.82, 2.24) is 13.9 Å². The van der Waals surface area contributed by atoms with E-state index in [1.165, 1.54) is 55.9 Å². The number of aromatic nitrogens is 3. The summed E-state index contributed by atoms with van der Waals surface area (Å²) in [6.45, 7) is 0. The minimum atomic E-state index is -0.0541. The molecule has 0 spiro atoms. The molecular weight excluding hydrogens is 350 g/mol. The van der Waals surface area contributed by atoms with Crippen LogP contribution in [0, 0.1) is 47.3 Å². The number of nitrogens with zero attached hydrogens (tertiary/aromatic N) is 3. The molecule has 5 heteroatoms. The maximum absolute atomic E-state index is 13.3. The smallest absolute Gasteiger partial charge is 0.246 e. The van der Waals surface area contributed by atoms with Gasteiger partial charge in [0.15, 0.2) is 0 Å². The van der Waals surface area contributed by atoms with Crippen LogP contribution in [-0.2, 0) is 7.05 Å². The number of rotatable bonds is 0. The minimum absolute atomic E-state index is 0.0541. The lowest BCUT2D eigenvalue weighted by molar-refractivity contribution is 0.225. The Morgan fingerprint density at radius 3 is 1.54 bits per heavy atom. The molecule has 5 nitrogen and oxygen atoms in total. The molecule has 148 valence electrons. The first-order valence-corrected chi connectivity index (χ1v) is 11.8. The Hall–Kier alpha value is -1.52. The van der Waals surface area contributed by atoms with Crippen LogP contribution in [0.15, 0.2) is 20.7 Å². The van der Waals surface area contributed by atoms with Gasteiger partial charge in [-0.3, -0.25) is 0 Å². The molecule has 2 heterocycles. The average molecular weight is 380 g/mol. The van der Waals surface area contributed by atoms with Crippen LogP contribution in [0.5, 0.6) is 0 Å². The van der Waals surface area contributed by atoms with Crippen LogP contribution in [-0.4, -0.2) is 13.9 Å². The monoisotopic (exact) mass is 379 g/mol. The largest absolute Gasteiger partial charge is 0.347 e. The fourth-order valence-corrected chi connectivity index (χ4v) is 10.2. The third-order valence-electron chi connectivity index (χ3n) is 10.8. The quantitative estimate of drug-likeness (QED) is 0.651. The van der Waals surface area contributed by atoms with Gasteiger partial charge in [-0.15, -0.1) is 0 Å². The van der Waals surface area contributed by atoms with Gasteiger partial charge in [0.1, 0.15) is 0 Å². The van der Waals surface area contributed by atoms with Gasteiger partial charge >= 0.3 is 11.4 Å². The molecule has 1 aromatic heterocycles. The third kappa shape index (κ3) is 1.39. The van der Waals surface area contributed by atoms with Crippen molar-refractivity contribution in [3.8, 4) is 0 Å². The van der Waals surface area contributed by atoms with Gasteiger partial charge < -0.3 is 0 Å². The van der Waals surface area contributed by atoms with Crippen LogP contribution in [0.4, 0.5) is 0 Å². The summed E-state index contributed by atoms with van der Waals surface area (Å²) < 4.78 is 5.39. The van der Waals surface area contributed by atoms with Gasteiger partial charge in [0.05, 0.1) is 12.1 Å². The van der Waals surface area contributed by atoms with Crippen LogP contribution < -0.4 is 11.4 Å². The van der Waals surface area contributed by atoms with E-state index in [1.807, 2.05) is 9.36 Å². The topological polar surface area (TPSA) is 48.9 Å². The van der Waals surface area contributed by atoms with E-state index >= 15 is 0 Å². The number of allylic oxidation sites excluding steroid dienone is 2. The van der Waals surface area contributed by atoms with Gasteiger partial charge in [0.25, 0.3) is 0 Å². The molecular formula is C23H29N3O2. The van der Waals surface area contributed by atoms with Crippen LogP contribution in [0.2, 0.25) is 0 Å². The first-order valence-electron chi connectivity index (χ1n) is 11.8. The van der Waals surface area contributed by atoms with Crippen molar-refractivity contribution in [3.63, 3.8) is 0 Å². The standard InChI is InChI=1S/C23H29N3O2/c1-24-22(27)25-20-14-8-4-10-2-6-12(16(10)14)18(20)19-13-7-3-11-5-9-15(17(11)13)21(19)26(25)23(24)28/h10-17,20-21H,2-9H2,1H3/t10-,11-,12+,13+,14-,15-,16-,17+,20-,21+/m1/s1. The molecule has 8 rings (SSSR count). The van der Waals surface area contributed by atoms with Gasteiger partial charge in [-0.25, -0.2) is 23.5 Å². The second kappa shape index (κ2) is 4.62. The molecule has 6 fully saturated rings.